The number of hydrogen-bond donors (Lipinski definition) is 1. The number of hydrogen-bond acceptors (Lipinski definition) is 4. The molecule has 3 aromatic rings. The highest BCUT2D eigenvalue weighted by Crippen LogP contribution is 2.46. The van der Waals surface area contributed by atoms with Crippen molar-refractivity contribution in [3.63, 3.8) is 0 Å². The lowest BCUT2D eigenvalue weighted by molar-refractivity contribution is -0.954. The molecule has 0 spiro atoms. The Morgan fingerprint density at radius 3 is 2.50 bits per heavy atom. The van der Waals surface area contributed by atoms with Crippen LogP contribution in [0.5, 0.6) is 0 Å². The minimum absolute atomic E-state index is 0.169. The number of quaternary nitrogens is 1. The molecule has 36 heavy (non-hydrogen) atoms. The van der Waals surface area contributed by atoms with Gasteiger partial charge in [-0.25, -0.2) is 0 Å². The van der Waals surface area contributed by atoms with Crippen LogP contribution in [-0.4, -0.2) is 39.6 Å². The Kier molecular flexibility index (Phi) is 6.93. The van der Waals surface area contributed by atoms with Gasteiger partial charge in [-0.2, -0.15) is 0 Å². The lowest BCUT2D eigenvalue weighted by atomic mass is 9.71. The predicted molar refractivity (Wildman–Crippen MR) is 145 cm³/mol. The molecule has 3 aliphatic heterocycles. The molecule has 2 bridgehead atoms. The van der Waals surface area contributed by atoms with Gasteiger partial charge < -0.3 is 14.1 Å². The summed E-state index contributed by atoms with van der Waals surface area (Å²) in [6, 6.07) is 20.4. The van der Waals surface area contributed by atoms with Crippen molar-refractivity contribution in [2.24, 2.45) is 11.8 Å². The molecule has 0 amide bonds. The highest BCUT2D eigenvalue weighted by Gasteiger charge is 2.48. The summed E-state index contributed by atoms with van der Waals surface area (Å²) in [7, 11) is 0. The Labute approximate surface area is 223 Å². The predicted octanol–water partition coefficient (Wildman–Crippen LogP) is 7.05. The number of benzene rings is 2. The van der Waals surface area contributed by atoms with Gasteiger partial charge in [0.2, 0.25) is 0 Å². The molecule has 3 saturated heterocycles. The monoisotopic (exact) mass is 523 g/mol. The van der Waals surface area contributed by atoms with Crippen molar-refractivity contribution in [1.82, 2.24) is 5.16 Å². The van der Waals surface area contributed by atoms with Crippen LogP contribution in [0.15, 0.2) is 70.1 Å². The summed E-state index contributed by atoms with van der Waals surface area (Å²) in [4.78, 5) is 1.27. The number of rotatable bonds is 7. The lowest BCUT2D eigenvalue weighted by Gasteiger charge is -2.52. The van der Waals surface area contributed by atoms with Crippen molar-refractivity contribution in [1.29, 1.82) is 0 Å². The Bertz CT molecular complexity index is 1170. The van der Waals surface area contributed by atoms with Gasteiger partial charge in [0.15, 0.2) is 5.76 Å². The summed E-state index contributed by atoms with van der Waals surface area (Å²) < 4.78 is 7.04. The van der Waals surface area contributed by atoms with Crippen molar-refractivity contribution in [2.45, 2.75) is 67.2 Å². The van der Waals surface area contributed by atoms with E-state index in [1.54, 1.807) is 0 Å². The lowest BCUT2D eigenvalue weighted by Crippen LogP contribution is -2.62. The van der Waals surface area contributed by atoms with Crippen molar-refractivity contribution in [3.8, 4) is 0 Å². The minimum atomic E-state index is -1.09. The van der Waals surface area contributed by atoms with Crippen LogP contribution in [-0.2, 0) is 12.1 Å². The molecule has 2 aromatic carbocycles. The van der Waals surface area contributed by atoms with Gasteiger partial charge >= 0.3 is 0 Å². The maximum Gasteiger partial charge on any atom is 0.191 e. The molecular weight excluding hydrogens is 488 g/mol. The molecule has 6 heteroatoms. The van der Waals surface area contributed by atoms with Crippen molar-refractivity contribution < 1.29 is 14.1 Å². The van der Waals surface area contributed by atoms with E-state index in [1.165, 1.54) is 37.2 Å². The van der Waals surface area contributed by atoms with Gasteiger partial charge in [0.1, 0.15) is 17.8 Å². The standard InChI is InChI=1S/C30H36ClN2O2S/c31-25-12-7-13-27(18-25)36-28-21-33(16-14-22(28)15-17-33)20-26-19-29(32-35-26)30(34,23-8-3-1-4-9-23)24-10-5-2-6-11-24/h1,3-4,7-9,12-13,18-19,22,24,28,34H,2,5-6,10-11,14-17,20-21H2/q+1/t22?,28-,30-,33?/m0/s1. The first-order valence-electron chi connectivity index (χ1n) is 13.6. The third kappa shape index (κ3) is 4.76. The first kappa shape index (κ1) is 24.5. The highest BCUT2D eigenvalue weighted by molar-refractivity contribution is 8.00. The fraction of sp³-hybridized carbons (Fsp3) is 0.500. The van der Waals surface area contributed by atoms with Gasteiger partial charge in [-0.3, -0.25) is 0 Å². The van der Waals surface area contributed by atoms with E-state index in [9.17, 15) is 5.11 Å². The van der Waals surface area contributed by atoms with Crippen LogP contribution in [0.2, 0.25) is 5.02 Å². The van der Waals surface area contributed by atoms with Crippen molar-refractivity contribution in [2.75, 3.05) is 19.6 Å². The summed E-state index contributed by atoms with van der Waals surface area (Å²) in [5.41, 5.74) is 0.523. The molecule has 4 nitrogen and oxygen atoms in total. The van der Waals surface area contributed by atoms with Crippen molar-refractivity contribution >= 4 is 23.4 Å². The smallest absolute Gasteiger partial charge is 0.191 e. The molecule has 7 rings (SSSR count). The number of fused-ring (bicyclic) bond motifs is 3. The third-order valence-electron chi connectivity index (χ3n) is 8.98. The van der Waals surface area contributed by atoms with Gasteiger partial charge in [-0.15, -0.1) is 11.8 Å². The van der Waals surface area contributed by atoms with Crippen LogP contribution in [0.3, 0.4) is 0 Å². The van der Waals surface area contributed by atoms with E-state index in [0.717, 1.165) is 65.5 Å². The Hall–Kier alpha value is -1.79. The zero-order chi connectivity index (χ0) is 24.6. The number of piperidine rings is 3. The van der Waals surface area contributed by atoms with Gasteiger partial charge in [-0.05, 0) is 48.4 Å². The van der Waals surface area contributed by atoms with Crippen LogP contribution >= 0.6 is 23.4 Å². The number of aromatic nitrogens is 1. The van der Waals surface area contributed by atoms with Gasteiger partial charge in [0, 0.05) is 28.8 Å². The Morgan fingerprint density at radius 2 is 1.75 bits per heavy atom. The highest BCUT2D eigenvalue weighted by atomic mass is 35.5. The molecule has 0 unspecified atom stereocenters. The first-order valence-corrected chi connectivity index (χ1v) is 14.8. The summed E-state index contributed by atoms with van der Waals surface area (Å²) >= 11 is 8.25. The first-order chi connectivity index (χ1) is 17.5. The van der Waals surface area contributed by atoms with Crippen LogP contribution in [0.4, 0.5) is 0 Å². The fourth-order valence-electron chi connectivity index (χ4n) is 6.99. The minimum Gasteiger partial charge on any atom is -0.378 e. The molecule has 4 heterocycles. The van der Waals surface area contributed by atoms with E-state index in [4.69, 9.17) is 16.1 Å². The van der Waals surface area contributed by atoms with Crippen LogP contribution < -0.4 is 0 Å². The maximum atomic E-state index is 12.2. The summed E-state index contributed by atoms with van der Waals surface area (Å²) in [6.07, 6.45) is 8.15. The third-order valence-corrected chi connectivity index (χ3v) is 10.6. The zero-order valence-electron chi connectivity index (χ0n) is 20.8. The average Bonchev–Trinajstić information content (AvgIpc) is 3.38. The number of thioether (sulfide) groups is 1. The topological polar surface area (TPSA) is 46.3 Å². The second kappa shape index (κ2) is 10.2. The normalized spacial score (nSPS) is 28.2. The zero-order valence-corrected chi connectivity index (χ0v) is 22.4. The molecule has 2 atom stereocenters. The van der Waals surface area contributed by atoms with E-state index < -0.39 is 5.60 Å². The van der Waals surface area contributed by atoms with Crippen LogP contribution in [0.1, 0.15) is 62.0 Å². The summed E-state index contributed by atoms with van der Waals surface area (Å²) in [5.74, 6) is 1.85. The quantitative estimate of drug-likeness (QED) is 0.337. The number of nitrogens with zero attached hydrogens (tertiary/aromatic N) is 2. The van der Waals surface area contributed by atoms with Crippen molar-refractivity contribution in [3.05, 3.63) is 82.7 Å². The largest absolute Gasteiger partial charge is 0.378 e. The van der Waals surface area contributed by atoms with E-state index >= 15 is 0 Å². The fourth-order valence-corrected chi connectivity index (χ4v) is 8.81. The Morgan fingerprint density at radius 1 is 0.972 bits per heavy atom. The van der Waals surface area contributed by atoms with Gasteiger partial charge in [0.05, 0.1) is 24.9 Å². The number of halogens is 1. The second-order valence-corrected chi connectivity index (χ2v) is 13.0. The van der Waals surface area contributed by atoms with E-state index in [2.05, 4.69) is 23.4 Å². The molecule has 1 saturated carbocycles. The van der Waals surface area contributed by atoms with E-state index in [-0.39, 0.29) is 5.92 Å². The summed E-state index contributed by atoms with van der Waals surface area (Å²) in [6.45, 7) is 4.38. The SMILES string of the molecule is O[C@](c1ccccc1)(c1cc(C[N+]23CCC(CC2)[C@@H](Sc2cccc(Cl)c2)C3)on1)C1CCCCC1. The van der Waals surface area contributed by atoms with E-state index in [1.807, 2.05) is 54.2 Å². The second-order valence-electron chi connectivity index (χ2n) is 11.2. The molecule has 1 N–H and O–H groups in total. The van der Waals surface area contributed by atoms with Gasteiger partial charge in [0.25, 0.3) is 0 Å². The van der Waals surface area contributed by atoms with E-state index in [0.29, 0.717) is 10.9 Å². The average molecular weight is 524 g/mol. The molecule has 190 valence electrons. The van der Waals surface area contributed by atoms with Crippen LogP contribution in [0.25, 0.3) is 0 Å². The molecule has 0 radical (unpaired) electrons. The van der Waals surface area contributed by atoms with Gasteiger partial charge in [-0.1, -0.05) is 72.4 Å². The molecule has 1 aromatic heterocycles. The maximum absolute atomic E-state index is 12.2. The Balaban J connectivity index is 1.23. The number of aliphatic hydroxyl groups is 1. The molecular formula is C30H36ClN2O2S+. The molecule has 4 aliphatic rings. The summed E-state index contributed by atoms with van der Waals surface area (Å²) in [5, 5.41) is 18.1. The molecule has 1 aliphatic carbocycles. The van der Waals surface area contributed by atoms with Crippen LogP contribution in [0, 0.1) is 11.8 Å². The molecule has 4 fully saturated rings.